The standard InChI is InChI=1S/C13H16BrN3/c1-9(2)13(17-7-6-15-16-17)12-5-4-11(14)8-10(12)3/h4-9,13H,1-3H3/t13-/m0/s1. The Morgan fingerprint density at radius 2 is 2.06 bits per heavy atom. The Bertz CT molecular complexity index is 491. The number of aromatic nitrogens is 3. The minimum absolute atomic E-state index is 0.241. The topological polar surface area (TPSA) is 30.7 Å². The van der Waals surface area contributed by atoms with E-state index in [0.29, 0.717) is 5.92 Å². The quantitative estimate of drug-likeness (QED) is 0.866. The molecule has 0 unspecified atom stereocenters. The summed E-state index contributed by atoms with van der Waals surface area (Å²) in [6.45, 7) is 6.54. The van der Waals surface area contributed by atoms with Gasteiger partial charge in [0.1, 0.15) is 0 Å². The van der Waals surface area contributed by atoms with Gasteiger partial charge in [0, 0.05) is 10.7 Å². The van der Waals surface area contributed by atoms with Crippen molar-refractivity contribution < 1.29 is 0 Å². The van der Waals surface area contributed by atoms with Crippen LogP contribution in [0.15, 0.2) is 35.1 Å². The third-order valence-corrected chi connectivity index (χ3v) is 3.40. The van der Waals surface area contributed by atoms with Crippen LogP contribution in [0.1, 0.15) is 31.0 Å². The van der Waals surface area contributed by atoms with Crippen molar-refractivity contribution in [3.8, 4) is 0 Å². The van der Waals surface area contributed by atoms with Gasteiger partial charge in [-0.05, 0) is 36.1 Å². The molecule has 1 aromatic heterocycles. The molecular formula is C13H16BrN3. The average molecular weight is 294 g/mol. The summed E-state index contributed by atoms with van der Waals surface area (Å²) in [4.78, 5) is 0. The fourth-order valence-corrected chi connectivity index (χ4v) is 2.62. The molecule has 1 aromatic carbocycles. The maximum Gasteiger partial charge on any atom is 0.0811 e. The van der Waals surface area contributed by atoms with Crippen molar-refractivity contribution in [2.45, 2.75) is 26.8 Å². The molecule has 0 N–H and O–H groups in total. The number of halogens is 1. The van der Waals surface area contributed by atoms with Crippen LogP contribution in [0.25, 0.3) is 0 Å². The highest BCUT2D eigenvalue weighted by Gasteiger charge is 2.20. The third-order valence-electron chi connectivity index (χ3n) is 2.91. The molecule has 2 rings (SSSR count). The number of hydrogen-bond acceptors (Lipinski definition) is 2. The molecule has 0 saturated heterocycles. The molecule has 2 aromatic rings. The first kappa shape index (κ1) is 12.3. The second-order valence-electron chi connectivity index (χ2n) is 4.57. The van der Waals surface area contributed by atoms with Crippen molar-refractivity contribution in [3.63, 3.8) is 0 Å². The summed E-state index contributed by atoms with van der Waals surface area (Å²) < 4.78 is 3.04. The molecule has 0 saturated carbocycles. The molecule has 3 nitrogen and oxygen atoms in total. The lowest BCUT2D eigenvalue weighted by molar-refractivity contribution is 0.393. The molecule has 90 valence electrons. The first-order valence-corrected chi connectivity index (χ1v) is 6.50. The Labute approximate surface area is 110 Å². The zero-order valence-electron chi connectivity index (χ0n) is 10.3. The normalized spacial score (nSPS) is 13.0. The van der Waals surface area contributed by atoms with Gasteiger partial charge in [-0.25, -0.2) is 4.68 Å². The molecule has 0 spiro atoms. The fraction of sp³-hybridized carbons (Fsp3) is 0.385. The minimum atomic E-state index is 0.241. The monoisotopic (exact) mass is 293 g/mol. The van der Waals surface area contributed by atoms with Gasteiger partial charge in [-0.2, -0.15) is 0 Å². The van der Waals surface area contributed by atoms with Gasteiger partial charge < -0.3 is 0 Å². The van der Waals surface area contributed by atoms with E-state index in [4.69, 9.17) is 0 Å². The Morgan fingerprint density at radius 3 is 2.59 bits per heavy atom. The number of hydrogen-bond donors (Lipinski definition) is 0. The van der Waals surface area contributed by atoms with Gasteiger partial charge >= 0.3 is 0 Å². The molecule has 1 atom stereocenters. The zero-order valence-corrected chi connectivity index (χ0v) is 11.8. The van der Waals surface area contributed by atoms with E-state index in [2.05, 4.69) is 65.2 Å². The van der Waals surface area contributed by atoms with Crippen LogP contribution in [-0.4, -0.2) is 15.0 Å². The summed E-state index contributed by atoms with van der Waals surface area (Å²) in [5, 5.41) is 8.03. The second-order valence-corrected chi connectivity index (χ2v) is 5.49. The number of nitrogens with zero attached hydrogens (tertiary/aromatic N) is 3. The number of aryl methyl sites for hydroxylation is 1. The van der Waals surface area contributed by atoms with Gasteiger partial charge in [-0.1, -0.05) is 41.1 Å². The molecule has 17 heavy (non-hydrogen) atoms. The van der Waals surface area contributed by atoms with Gasteiger partial charge in [-0.15, -0.1) is 5.10 Å². The molecule has 0 fully saturated rings. The lowest BCUT2D eigenvalue weighted by Gasteiger charge is -2.23. The summed E-state index contributed by atoms with van der Waals surface area (Å²) in [6, 6.07) is 6.62. The third kappa shape index (κ3) is 2.57. The van der Waals surface area contributed by atoms with E-state index in [1.54, 1.807) is 6.20 Å². The Kier molecular flexibility index (Phi) is 3.62. The number of rotatable bonds is 3. The molecule has 1 heterocycles. The first-order valence-electron chi connectivity index (χ1n) is 5.71. The zero-order chi connectivity index (χ0) is 12.4. The van der Waals surface area contributed by atoms with Crippen molar-refractivity contribution in [2.75, 3.05) is 0 Å². The van der Waals surface area contributed by atoms with Crippen LogP contribution in [0, 0.1) is 12.8 Å². The second kappa shape index (κ2) is 5.00. The van der Waals surface area contributed by atoms with Gasteiger partial charge in [0.2, 0.25) is 0 Å². The maximum absolute atomic E-state index is 4.13. The smallest absolute Gasteiger partial charge is 0.0811 e. The minimum Gasteiger partial charge on any atom is -0.245 e. The lowest BCUT2D eigenvalue weighted by atomic mass is 9.93. The van der Waals surface area contributed by atoms with Crippen molar-refractivity contribution in [2.24, 2.45) is 5.92 Å². The predicted molar refractivity (Wildman–Crippen MR) is 71.9 cm³/mol. The summed E-state index contributed by atoms with van der Waals surface area (Å²) >= 11 is 3.50. The summed E-state index contributed by atoms with van der Waals surface area (Å²) in [7, 11) is 0. The van der Waals surface area contributed by atoms with Gasteiger partial charge in [0.25, 0.3) is 0 Å². The summed E-state index contributed by atoms with van der Waals surface area (Å²) in [5.41, 5.74) is 2.57. The molecule has 0 aliphatic rings. The van der Waals surface area contributed by atoms with E-state index in [1.807, 2.05) is 10.9 Å². The fourth-order valence-electron chi connectivity index (χ4n) is 2.14. The van der Waals surface area contributed by atoms with Crippen LogP contribution in [0.5, 0.6) is 0 Å². The average Bonchev–Trinajstić information content (AvgIpc) is 2.74. The lowest BCUT2D eigenvalue weighted by Crippen LogP contribution is -2.18. The van der Waals surface area contributed by atoms with Gasteiger partial charge in [0.15, 0.2) is 0 Å². The molecule has 0 radical (unpaired) electrons. The summed E-state index contributed by atoms with van der Waals surface area (Å²) in [5.74, 6) is 0.469. The van der Waals surface area contributed by atoms with Crippen LogP contribution in [0.2, 0.25) is 0 Å². The Balaban J connectivity index is 2.47. The van der Waals surface area contributed by atoms with Crippen molar-refractivity contribution >= 4 is 15.9 Å². The number of benzene rings is 1. The summed E-state index contributed by atoms with van der Waals surface area (Å²) in [6.07, 6.45) is 3.65. The van der Waals surface area contributed by atoms with Crippen molar-refractivity contribution in [1.82, 2.24) is 15.0 Å². The van der Waals surface area contributed by atoms with Crippen LogP contribution in [0.4, 0.5) is 0 Å². The Hall–Kier alpha value is -1.16. The largest absolute Gasteiger partial charge is 0.245 e. The van der Waals surface area contributed by atoms with E-state index in [0.717, 1.165) is 4.47 Å². The molecule has 0 bridgehead atoms. The van der Waals surface area contributed by atoms with Gasteiger partial charge in [-0.3, -0.25) is 0 Å². The highest BCUT2D eigenvalue weighted by Crippen LogP contribution is 2.29. The molecule has 0 amide bonds. The predicted octanol–water partition coefficient (Wildman–Crippen LogP) is 3.59. The van der Waals surface area contributed by atoms with Crippen molar-refractivity contribution in [3.05, 3.63) is 46.2 Å². The highest BCUT2D eigenvalue weighted by molar-refractivity contribution is 9.10. The van der Waals surface area contributed by atoms with Crippen molar-refractivity contribution in [1.29, 1.82) is 0 Å². The van der Waals surface area contributed by atoms with Crippen LogP contribution >= 0.6 is 15.9 Å². The molecular weight excluding hydrogens is 278 g/mol. The van der Waals surface area contributed by atoms with E-state index in [-0.39, 0.29) is 6.04 Å². The SMILES string of the molecule is Cc1cc(Br)ccc1[C@H](C(C)C)n1ccnn1. The Morgan fingerprint density at radius 1 is 1.29 bits per heavy atom. The van der Waals surface area contributed by atoms with Gasteiger partial charge in [0.05, 0.1) is 12.2 Å². The molecule has 4 heteroatoms. The van der Waals surface area contributed by atoms with E-state index in [1.165, 1.54) is 11.1 Å². The first-order chi connectivity index (χ1) is 8.09. The van der Waals surface area contributed by atoms with Crippen LogP contribution in [-0.2, 0) is 0 Å². The van der Waals surface area contributed by atoms with Crippen LogP contribution in [0.3, 0.4) is 0 Å². The van der Waals surface area contributed by atoms with E-state index >= 15 is 0 Å². The van der Waals surface area contributed by atoms with Crippen LogP contribution < -0.4 is 0 Å². The van der Waals surface area contributed by atoms with E-state index in [9.17, 15) is 0 Å². The van der Waals surface area contributed by atoms with E-state index < -0.39 is 0 Å². The molecule has 0 aliphatic carbocycles. The highest BCUT2D eigenvalue weighted by atomic mass is 79.9. The molecule has 0 aliphatic heterocycles. The maximum atomic E-state index is 4.13.